The molecule has 0 aromatic heterocycles. The van der Waals surface area contributed by atoms with Crippen LogP contribution < -0.4 is 5.32 Å². The fourth-order valence-electron chi connectivity index (χ4n) is 3.27. The van der Waals surface area contributed by atoms with Crippen molar-refractivity contribution in [2.24, 2.45) is 11.8 Å². The summed E-state index contributed by atoms with van der Waals surface area (Å²) < 4.78 is 37.9. The smallest absolute Gasteiger partial charge is 0.352 e. The molecule has 1 aliphatic rings. The number of hydrogen-bond donors (Lipinski definition) is 1. The van der Waals surface area contributed by atoms with E-state index in [0.29, 0.717) is 12.3 Å². The van der Waals surface area contributed by atoms with Crippen molar-refractivity contribution in [3.63, 3.8) is 0 Å². The van der Waals surface area contributed by atoms with E-state index in [-0.39, 0.29) is 23.8 Å². The van der Waals surface area contributed by atoms with Gasteiger partial charge in [-0.2, -0.15) is 13.2 Å². The van der Waals surface area contributed by atoms with Gasteiger partial charge in [-0.05, 0) is 56.5 Å². The van der Waals surface area contributed by atoms with Crippen molar-refractivity contribution in [1.82, 2.24) is 10.2 Å². The lowest BCUT2D eigenvalue weighted by atomic mass is 10.0. The van der Waals surface area contributed by atoms with E-state index in [2.05, 4.69) is 19.2 Å². The van der Waals surface area contributed by atoms with Gasteiger partial charge >= 0.3 is 6.18 Å². The number of benzene rings is 1. The van der Waals surface area contributed by atoms with Crippen LogP contribution >= 0.6 is 0 Å². The normalized spacial score (nSPS) is 21.5. The molecule has 1 amide bonds. The average molecular weight is 356 g/mol. The number of likely N-dealkylation sites (N-methyl/N-ethyl adjacent to an activating group) is 1. The first-order chi connectivity index (χ1) is 11.6. The van der Waals surface area contributed by atoms with Crippen LogP contribution in [-0.2, 0) is 11.0 Å². The molecule has 25 heavy (non-hydrogen) atoms. The number of carbonyl (C=O) groups excluding carboxylic acids is 1. The minimum atomic E-state index is -4.32. The number of nitrogens with zero attached hydrogens (tertiary/aromatic N) is 1. The Morgan fingerprint density at radius 1 is 1.24 bits per heavy atom. The zero-order valence-electron chi connectivity index (χ0n) is 15.2. The molecule has 1 aromatic rings. The second kappa shape index (κ2) is 7.77. The van der Waals surface area contributed by atoms with Crippen LogP contribution in [0.4, 0.5) is 13.2 Å². The van der Waals surface area contributed by atoms with Crippen LogP contribution in [-0.4, -0.2) is 37.5 Å². The summed E-state index contributed by atoms with van der Waals surface area (Å²) in [5.41, 5.74) is 0.155. The molecule has 0 spiro atoms. The zero-order chi connectivity index (χ0) is 18.8. The number of hydrogen-bond acceptors (Lipinski definition) is 2. The summed E-state index contributed by atoms with van der Waals surface area (Å²) in [6, 6.07) is 5.27. The first-order valence-electron chi connectivity index (χ1n) is 8.70. The summed E-state index contributed by atoms with van der Waals surface area (Å²) in [6.07, 6.45) is -2.72. The van der Waals surface area contributed by atoms with E-state index in [0.717, 1.165) is 30.7 Å². The molecule has 0 heterocycles. The summed E-state index contributed by atoms with van der Waals surface area (Å²) in [5.74, 6) is 0.391. The zero-order valence-corrected chi connectivity index (χ0v) is 15.2. The standard InChI is InChI=1S/C19H27F3N2O/c1-12(2)9-15(11-24(3)4)23-18(25)17-10-16(17)13-5-7-14(8-6-13)19(20,21)22/h5-8,12,15-17H,9-11H2,1-4H3,(H,23,25). The predicted octanol–water partition coefficient (Wildman–Crippen LogP) is 3.90. The van der Waals surface area contributed by atoms with Crippen LogP contribution in [0.5, 0.6) is 0 Å². The van der Waals surface area contributed by atoms with Crippen molar-refractivity contribution in [3.05, 3.63) is 35.4 Å². The Balaban J connectivity index is 1.94. The summed E-state index contributed by atoms with van der Waals surface area (Å²) in [4.78, 5) is 14.5. The summed E-state index contributed by atoms with van der Waals surface area (Å²) >= 11 is 0. The van der Waals surface area contributed by atoms with Gasteiger partial charge in [-0.3, -0.25) is 4.79 Å². The predicted molar refractivity (Wildman–Crippen MR) is 92.2 cm³/mol. The molecule has 2 rings (SSSR count). The summed E-state index contributed by atoms with van der Waals surface area (Å²) in [6.45, 7) is 5.02. The second-order valence-corrected chi connectivity index (χ2v) is 7.67. The maximum atomic E-state index is 12.6. The van der Waals surface area contributed by atoms with Crippen LogP contribution in [0.3, 0.4) is 0 Å². The van der Waals surface area contributed by atoms with E-state index in [1.54, 1.807) is 0 Å². The lowest BCUT2D eigenvalue weighted by Crippen LogP contribution is -2.43. The highest BCUT2D eigenvalue weighted by Gasteiger charge is 2.44. The Labute approximate surface area is 147 Å². The molecule has 1 fully saturated rings. The second-order valence-electron chi connectivity index (χ2n) is 7.67. The van der Waals surface area contributed by atoms with Crippen molar-refractivity contribution in [2.45, 2.75) is 44.8 Å². The molecule has 0 bridgehead atoms. The van der Waals surface area contributed by atoms with Gasteiger partial charge in [0.05, 0.1) is 5.56 Å². The van der Waals surface area contributed by atoms with E-state index in [1.165, 1.54) is 12.1 Å². The van der Waals surface area contributed by atoms with Crippen molar-refractivity contribution >= 4 is 5.91 Å². The third-order valence-corrected chi connectivity index (χ3v) is 4.48. The maximum Gasteiger partial charge on any atom is 0.416 e. The minimum absolute atomic E-state index is 0.0115. The van der Waals surface area contributed by atoms with Crippen molar-refractivity contribution < 1.29 is 18.0 Å². The lowest BCUT2D eigenvalue weighted by Gasteiger charge is -2.24. The van der Waals surface area contributed by atoms with Gasteiger partial charge in [-0.25, -0.2) is 0 Å². The van der Waals surface area contributed by atoms with Crippen molar-refractivity contribution in [1.29, 1.82) is 0 Å². The Hall–Kier alpha value is -1.56. The maximum absolute atomic E-state index is 12.6. The number of halogens is 3. The van der Waals surface area contributed by atoms with E-state index in [1.807, 2.05) is 19.0 Å². The molecule has 1 saturated carbocycles. The largest absolute Gasteiger partial charge is 0.416 e. The Kier molecular flexibility index (Phi) is 6.14. The molecule has 140 valence electrons. The molecule has 0 radical (unpaired) electrons. The number of nitrogens with one attached hydrogen (secondary N) is 1. The van der Waals surface area contributed by atoms with Crippen molar-refractivity contribution in [3.8, 4) is 0 Å². The van der Waals surface area contributed by atoms with Crippen molar-refractivity contribution in [2.75, 3.05) is 20.6 Å². The fraction of sp³-hybridized carbons (Fsp3) is 0.632. The van der Waals surface area contributed by atoms with Crippen LogP contribution in [0, 0.1) is 11.8 Å². The van der Waals surface area contributed by atoms with Crippen LogP contribution in [0.2, 0.25) is 0 Å². The monoisotopic (exact) mass is 356 g/mol. The van der Waals surface area contributed by atoms with Gasteiger partial charge in [-0.1, -0.05) is 26.0 Å². The summed E-state index contributed by atoms with van der Waals surface area (Å²) in [5, 5.41) is 3.12. The van der Waals surface area contributed by atoms with Gasteiger partial charge in [0.1, 0.15) is 0 Å². The van der Waals surface area contributed by atoms with Crippen LogP contribution in [0.15, 0.2) is 24.3 Å². The highest BCUT2D eigenvalue weighted by molar-refractivity contribution is 5.83. The lowest BCUT2D eigenvalue weighted by molar-refractivity contribution is -0.137. The third kappa shape index (κ3) is 5.73. The Morgan fingerprint density at radius 3 is 2.32 bits per heavy atom. The van der Waals surface area contributed by atoms with E-state index in [9.17, 15) is 18.0 Å². The van der Waals surface area contributed by atoms with Gasteiger partial charge in [0.2, 0.25) is 5.91 Å². The Morgan fingerprint density at radius 2 is 1.84 bits per heavy atom. The fourth-order valence-corrected chi connectivity index (χ4v) is 3.27. The van der Waals surface area contributed by atoms with Gasteiger partial charge in [0.15, 0.2) is 0 Å². The average Bonchev–Trinajstić information content (AvgIpc) is 3.25. The summed E-state index contributed by atoms with van der Waals surface area (Å²) in [7, 11) is 3.95. The highest BCUT2D eigenvalue weighted by atomic mass is 19.4. The molecule has 3 unspecified atom stereocenters. The van der Waals surface area contributed by atoms with Crippen LogP contribution in [0.1, 0.15) is 43.7 Å². The SMILES string of the molecule is CC(C)CC(CN(C)C)NC(=O)C1CC1c1ccc(C(F)(F)F)cc1. The molecule has 1 aromatic carbocycles. The molecular formula is C19H27F3N2O. The van der Waals surface area contributed by atoms with E-state index < -0.39 is 11.7 Å². The first kappa shape index (κ1) is 19.8. The third-order valence-electron chi connectivity index (χ3n) is 4.48. The molecule has 0 saturated heterocycles. The Bertz CT molecular complexity index is 571. The number of amides is 1. The number of alkyl halides is 3. The quantitative estimate of drug-likeness (QED) is 0.804. The van der Waals surface area contributed by atoms with Gasteiger partial charge in [-0.15, -0.1) is 0 Å². The molecule has 1 N–H and O–H groups in total. The van der Waals surface area contributed by atoms with Gasteiger partial charge < -0.3 is 10.2 Å². The minimum Gasteiger partial charge on any atom is -0.352 e. The molecular weight excluding hydrogens is 329 g/mol. The van der Waals surface area contributed by atoms with E-state index >= 15 is 0 Å². The molecule has 3 atom stereocenters. The molecule has 0 aliphatic heterocycles. The number of carbonyl (C=O) groups is 1. The molecule has 6 heteroatoms. The van der Waals surface area contributed by atoms with Gasteiger partial charge in [0.25, 0.3) is 0 Å². The topological polar surface area (TPSA) is 32.3 Å². The van der Waals surface area contributed by atoms with Gasteiger partial charge in [0, 0.05) is 18.5 Å². The van der Waals surface area contributed by atoms with Crippen LogP contribution in [0.25, 0.3) is 0 Å². The first-order valence-corrected chi connectivity index (χ1v) is 8.70. The van der Waals surface area contributed by atoms with E-state index in [4.69, 9.17) is 0 Å². The number of rotatable bonds is 7. The molecule has 1 aliphatic carbocycles. The molecule has 3 nitrogen and oxygen atoms in total. The highest BCUT2D eigenvalue weighted by Crippen LogP contribution is 2.48.